The highest BCUT2D eigenvalue weighted by atomic mass is 16.2. The molecule has 0 spiro atoms. The molecule has 4 rings (SSSR count). The van der Waals surface area contributed by atoms with Gasteiger partial charge < -0.3 is 14.7 Å². The van der Waals surface area contributed by atoms with Gasteiger partial charge in [-0.15, -0.1) is 0 Å². The van der Waals surface area contributed by atoms with Crippen molar-refractivity contribution in [3.63, 3.8) is 0 Å². The molecule has 5 nitrogen and oxygen atoms in total. The van der Waals surface area contributed by atoms with Gasteiger partial charge in [-0.3, -0.25) is 9.59 Å². The van der Waals surface area contributed by atoms with Crippen LogP contribution < -0.4 is 0 Å². The van der Waals surface area contributed by atoms with Gasteiger partial charge in [-0.05, 0) is 45.0 Å². The zero-order chi connectivity index (χ0) is 18.3. The van der Waals surface area contributed by atoms with Gasteiger partial charge >= 0.3 is 0 Å². The fourth-order valence-corrected chi connectivity index (χ4v) is 4.84. The number of rotatable bonds is 5. The van der Waals surface area contributed by atoms with Crippen LogP contribution in [0.1, 0.15) is 29.6 Å². The Labute approximate surface area is 155 Å². The van der Waals surface area contributed by atoms with Crippen LogP contribution in [0.3, 0.4) is 0 Å². The number of fused-ring (bicyclic) bond motifs is 1. The average Bonchev–Trinajstić information content (AvgIpc) is 3.25. The largest absolute Gasteiger partial charge is 0.342 e. The Morgan fingerprint density at radius 1 is 1.08 bits per heavy atom. The highest BCUT2D eigenvalue weighted by Gasteiger charge is 2.54. The highest BCUT2D eigenvalue weighted by molar-refractivity contribution is 5.94. The molecule has 0 N–H and O–H groups in total. The summed E-state index contributed by atoms with van der Waals surface area (Å²) < 4.78 is 0. The van der Waals surface area contributed by atoms with Crippen molar-refractivity contribution in [3.8, 4) is 0 Å². The fraction of sp³-hybridized carbons (Fsp3) is 0.619. The third-order valence-corrected chi connectivity index (χ3v) is 6.21. The molecule has 1 aromatic rings. The van der Waals surface area contributed by atoms with E-state index in [1.54, 1.807) is 0 Å². The lowest BCUT2D eigenvalue weighted by molar-refractivity contribution is -0.131. The normalized spacial score (nSPS) is 27.9. The third kappa shape index (κ3) is 3.37. The Kier molecular flexibility index (Phi) is 4.51. The standard InChI is InChI=1S/C21H29N3O2/c1-22(2)13-21-14-23(19(25)10-16-8-9-16)11-18(21)12-24(15-21)20(26)17-6-4-3-5-7-17/h3-7,16,18H,8-15H2,1-2H3/t18-,21+/m0/s1. The molecule has 2 amide bonds. The van der Waals surface area contributed by atoms with E-state index >= 15 is 0 Å². The summed E-state index contributed by atoms with van der Waals surface area (Å²) >= 11 is 0. The minimum absolute atomic E-state index is 0.00709. The Balaban J connectivity index is 1.49. The van der Waals surface area contributed by atoms with Crippen LogP contribution in [0.15, 0.2) is 30.3 Å². The zero-order valence-electron chi connectivity index (χ0n) is 15.9. The lowest BCUT2D eigenvalue weighted by atomic mass is 9.80. The van der Waals surface area contributed by atoms with E-state index < -0.39 is 0 Å². The Morgan fingerprint density at radius 3 is 2.38 bits per heavy atom. The van der Waals surface area contributed by atoms with Gasteiger partial charge in [0.25, 0.3) is 5.91 Å². The van der Waals surface area contributed by atoms with Crippen molar-refractivity contribution in [2.45, 2.75) is 19.3 Å². The molecule has 1 saturated carbocycles. The number of hydrogen-bond acceptors (Lipinski definition) is 3. The predicted molar refractivity (Wildman–Crippen MR) is 101 cm³/mol. The molecule has 1 aliphatic carbocycles. The van der Waals surface area contributed by atoms with E-state index in [0.29, 0.717) is 17.7 Å². The third-order valence-electron chi connectivity index (χ3n) is 6.21. The molecular formula is C21H29N3O2. The van der Waals surface area contributed by atoms with Gasteiger partial charge in [0, 0.05) is 56.0 Å². The van der Waals surface area contributed by atoms with Crippen molar-refractivity contribution in [3.05, 3.63) is 35.9 Å². The maximum Gasteiger partial charge on any atom is 0.253 e. The first-order chi connectivity index (χ1) is 12.5. The molecule has 2 saturated heterocycles. The van der Waals surface area contributed by atoms with E-state index in [-0.39, 0.29) is 11.3 Å². The van der Waals surface area contributed by atoms with Gasteiger partial charge in [0.15, 0.2) is 0 Å². The summed E-state index contributed by atoms with van der Waals surface area (Å²) in [6.07, 6.45) is 3.15. The minimum atomic E-state index is 0.00709. The lowest BCUT2D eigenvalue weighted by Gasteiger charge is -2.32. The van der Waals surface area contributed by atoms with Crippen LogP contribution in [0.5, 0.6) is 0 Å². The number of carbonyl (C=O) groups excluding carboxylic acids is 2. The van der Waals surface area contributed by atoms with Crippen molar-refractivity contribution >= 4 is 11.8 Å². The summed E-state index contributed by atoms with van der Waals surface area (Å²) in [6.45, 7) is 4.02. The van der Waals surface area contributed by atoms with E-state index in [1.165, 1.54) is 12.8 Å². The summed E-state index contributed by atoms with van der Waals surface area (Å²) in [5.74, 6) is 1.44. The second-order valence-corrected chi connectivity index (χ2v) is 8.77. The molecular weight excluding hydrogens is 326 g/mol. The molecule has 0 unspecified atom stereocenters. The van der Waals surface area contributed by atoms with Crippen molar-refractivity contribution in [1.29, 1.82) is 0 Å². The number of likely N-dealkylation sites (tertiary alicyclic amines) is 2. The summed E-state index contributed by atoms with van der Waals surface area (Å²) in [6, 6.07) is 9.55. The van der Waals surface area contributed by atoms with Crippen LogP contribution in [-0.4, -0.2) is 73.3 Å². The van der Waals surface area contributed by atoms with Gasteiger partial charge in [-0.2, -0.15) is 0 Å². The quantitative estimate of drug-likeness (QED) is 0.811. The number of carbonyl (C=O) groups is 2. The summed E-state index contributed by atoms with van der Waals surface area (Å²) in [5.41, 5.74) is 0.766. The maximum atomic E-state index is 12.9. The smallest absolute Gasteiger partial charge is 0.253 e. The maximum absolute atomic E-state index is 12.9. The number of amides is 2. The topological polar surface area (TPSA) is 43.9 Å². The van der Waals surface area contributed by atoms with Crippen LogP contribution in [0.4, 0.5) is 0 Å². The first-order valence-corrected chi connectivity index (χ1v) is 9.74. The first kappa shape index (κ1) is 17.5. The van der Waals surface area contributed by atoms with E-state index in [4.69, 9.17) is 0 Å². The lowest BCUT2D eigenvalue weighted by Crippen LogP contribution is -2.43. The fourth-order valence-electron chi connectivity index (χ4n) is 4.84. The molecule has 2 atom stereocenters. The van der Waals surface area contributed by atoms with Crippen molar-refractivity contribution in [2.24, 2.45) is 17.3 Å². The first-order valence-electron chi connectivity index (χ1n) is 9.74. The van der Waals surface area contributed by atoms with Gasteiger partial charge in [-0.25, -0.2) is 0 Å². The van der Waals surface area contributed by atoms with Crippen LogP contribution in [0.25, 0.3) is 0 Å². The number of nitrogens with zero attached hydrogens (tertiary/aromatic N) is 3. The molecule has 1 aromatic carbocycles. The second kappa shape index (κ2) is 6.69. The van der Waals surface area contributed by atoms with Crippen LogP contribution >= 0.6 is 0 Å². The van der Waals surface area contributed by atoms with E-state index in [1.807, 2.05) is 35.2 Å². The summed E-state index contributed by atoms with van der Waals surface area (Å²) in [5, 5.41) is 0. The zero-order valence-corrected chi connectivity index (χ0v) is 15.9. The minimum Gasteiger partial charge on any atom is -0.342 e. The molecule has 0 bridgehead atoms. The van der Waals surface area contributed by atoms with Crippen molar-refractivity contribution < 1.29 is 9.59 Å². The van der Waals surface area contributed by atoms with Crippen LogP contribution in [0, 0.1) is 17.3 Å². The van der Waals surface area contributed by atoms with Gasteiger partial charge in [0.2, 0.25) is 5.91 Å². The monoisotopic (exact) mass is 355 g/mol. The molecule has 140 valence electrons. The molecule has 3 aliphatic rings. The molecule has 0 radical (unpaired) electrons. The SMILES string of the molecule is CN(C)C[C@]12CN(C(=O)CC3CC3)C[C@H]1CN(C(=O)c1ccccc1)C2. The molecule has 0 aromatic heterocycles. The predicted octanol–water partition coefficient (Wildman–Crippen LogP) is 1.95. The summed E-state index contributed by atoms with van der Waals surface area (Å²) in [7, 11) is 4.17. The van der Waals surface area contributed by atoms with E-state index in [0.717, 1.165) is 44.7 Å². The van der Waals surface area contributed by atoms with Crippen molar-refractivity contribution in [1.82, 2.24) is 14.7 Å². The van der Waals surface area contributed by atoms with E-state index in [9.17, 15) is 9.59 Å². The molecule has 5 heteroatoms. The van der Waals surface area contributed by atoms with Gasteiger partial charge in [0.05, 0.1) is 0 Å². The van der Waals surface area contributed by atoms with Gasteiger partial charge in [-0.1, -0.05) is 18.2 Å². The van der Waals surface area contributed by atoms with Crippen LogP contribution in [-0.2, 0) is 4.79 Å². The highest BCUT2D eigenvalue weighted by Crippen LogP contribution is 2.44. The van der Waals surface area contributed by atoms with Gasteiger partial charge in [0.1, 0.15) is 0 Å². The molecule has 26 heavy (non-hydrogen) atoms. The molecule has 2 heterocycles. The number of hydrogen-bond donors (Lipinski definition) is 0. The summed E-state index contributed by atoms with van der Waals surface area (Å²) in [4.78, 5) is 31.8. The molecule has 2 aliphatic heterocycles. The van der Waals surface area contributed by atoms with Crippen LogP contribution in [0.2, 0.25) is 0 Å². The Morgan fingerprint density at radius 2 is 1.73 bits per heavy atom. The number of benzene rings is 1. The molecule has 3 fully saturated rings. The Bertz CT molecular complexity index is 686. The second-order valence-electron chi connectivity index (χ2n) is 8.77. The Hall–Kier alpha value is -1.88. The average molecular weight is 355 g/mol. The van der Waals surface area contributed by atoms with Crippen molar-refractivity contribution in [2.75, 3.05) is 46.8 Å². The van der Waals surface area contributed by atoms with E-state index in [2.05, 4.69) is 23.9 Å².